The molecule has 3 aromatic rings. The second-order valence-corrected chi connectivity index (χ2v) is 9.60. The molecule has 1 atom stereocenters. The zero-order valence-corrected chi connectivity index (χ0v) is 21.9. The van der Waals surface area contributed by atoms with E-state index in [9.17, 15) is 19.7 Å². The fourth-order valence-corrected chi connectivity index (χ4v) is 5.12. The number of carbonyl (C=O) groups is 1. The summed E-state index contributed by atoms with van der Waals surface area (Å²) in [5.74, 6) is 0.101. The summed E-state index contributed by atoms with van der Waals surface area (Å²) in [7, 11) is 0. The Morgan fingerprint density at radius 2 is 2.03 bits per heavy atom. The van der Waals surface area contributed by atoms with Crippen molar-refractivity contribution in [1.82, 2.24) is 4.57 Å². The molecule has 0 aliphatic carbocycles. The van der Waals surface area contributed by atoms with Crippen LogP contribution in [0.2, 0.25) is 0 Å². The number of aromatic nitrogens is 1. The topological polar surface area (TPSA) is 113 Å². The number of esters is 1. The molecule has 38 heavy (non-hydrogen) atoms. The molecule has 1 unspecified atom stereocenters. The minimum atomic E-state index is -0.777. The van der Waals surface area contributed by atoms with E-state index in [2.05, 4.69) is 18.5 Å². The van der Waals surface area contributed by atoms with Crippen LogP contribution in [0.15, 0.2) is 82.2 Å². The number of nitro groups is 1. The molecule has 0 N–H and O–H groups in total. The van der Waals surface area contributed by atoms with Crippen LogP contribution in [-0.4, -0.2) is 28.7 Å². The largest absolute Gasteiger partial charge is 0.494 e. The third-order valence-electron chi connectivity index (χ3n) is 5.92. The molecule has 0 spiro atoms. The third-order valence-corrected chi connectivity index (χ3v) is 6.90. The smallest absolute Gasteiger partial charge is 0.338 e. The van der Waals surface area contributed by atoms with Gasteiger partial charge in [-0.05, 0) is 42.7 Å². The monoisotopic (exact) mass is 533 g/mol. The van der Waals surface area contributed by atoms with Crippen molar-refractivity contribution in [2.75, 3.05) is 13.2 Å². The SMILES string of the molecule is C=CCOC(=O)C1=C(C)N=c2s/c(=C\c3cccc([N+](=O)[O-])c3)c(=O)n2C1c1ccc(OCCCC)cc1. The molecule has 9 nitrogen and oxygen atoms in total. The molecule has 0 bridgehead atoms. The van der Waals surface area contributed by atoms with Gasteiger partial charge in [0.15, 0.2) is 4.80 Å². The van der Waals surface area contributed by atoms with Gasteiger partial charge >= 0.3 is 5.97 Å². The second-order valence-electron chi connectivity index (χ2n) is 8.59. The van der Waals surface area contributed by atoms with Gasteiger partial charge in [0, 0.05) is 12.1 Å². The Bertz CT molecular complexity index is 1580. The Labute approximate surface area is 222 Å². The Morgan fingerprint density at radius 1 is 1.26 bits per heavy atom. The minimum absolute atomic E-state index is 0.0176. The number of rotatable bonds is 10. The molecule has 1 aromatic heterocycles. The van der Waals surface area contributed by atoms with Gasteiger partial charge in [0.1, 0.15) is 12.4 Å². The van der Waals surface area contributed by atoms with Gasteiger partial charge in [0.25, 0.3) is 11.2 Å². The van der Waals surface area contributed by atoms with E-state index in [0.717, 1.165) is 24.2 Å². The minimum Gasteiger partial charge on any atom is -0.494 e. The predicted octanol–water partition coefficient (Wildman–Crippen LogP) is 4.05. The van der Waals surface area contributed by atoms with Crippen LogP contribution in [0.25, 0.3) is 6.08 Å². The number of allylic oxidation sites excluding steroid dienone is 1. The Hall–Kier alpha value is -4.31. The van der Waals surface area contributed by atoms with Crippen LogP contribution in [0.1, 0.15) is 43.9 Å². The standard InChI is InChI=1S/C28H27N3O6S/c1-4-6-15-36-22-12-10-20(11-13-22)25-24(27(33)37-14-5-2)18(3)29-28-30(25)26(32)23(38-28)17-19-8-7-9-21(16-19)31(34)35/h5,7-13,16-17,25H,2,4,6,14-15H2,1,3H3/b23-17-. The molecular formula is C28H27N3O6S. The lowest BCUT2D eigenvalue weighted by Crippen LogP contribution is -2.39. The zero-order chi connectivity index (χ0) is 27.2. The molecule has 0 saturated carbocycles. The number of thiazole rings is 1. The summed E-state index contributed by atoms with van der Waals surface area (Å²) < 4.78 is 12.9. The summed E-state index contributed by atoms with van der Waals surface area (Å²) in [4.78, 5) is 42.5. The van der Waals surface area contributed by atoms with Crippen molar-refractivity contribution >= 4 is 29.1 Å². The summed E-state index contributed by atoms with van der Waals surface area (Å²) in [6.45, 7) is 8.00. The van der Waals surface area contributed by atoms with E-state index in [1.54, 1.807) is 25.1 Å². The van der Waals surface area contributed by atoms with Crippen LogP contribution >= 0.6 is 11.3 Å². The quantitative estimate of drug-likeness (QED) is 0.128. The van der Waals surface area contributed by atoms with Crippen LogP contribution < -0.4 is 19.6 Å². The zero-order valence-electron chi connectivity index (χ0n) is 21.1. The van der Waals surface area contributed by atoms with Crippen LogP contribution in [0.5, 0.6) is 5.75 Å². The molecule has 0 saturated heterocycles. The average Bonchev–Trinajstić information content (AvgIpc) is 3.21. The van der Waals surface area contributed by atoms with Crippen molar-refractivity contribution in [2.24, 2.45) is 4.99 Å². The summed E-state index contributed by atoms with van der Waals surface area (Å²) in [5, 5.41) is 11.2. The number of nitrogens with zero attached hydrogens (tertiary/aromatic N) is 3. The lowest BCUT2D eigenvalue weighted by atomic mass is 9.96. The number of benzene rings is 2. The first kappa shape index (κ1) is 26.7. The average molecular weight is 534 g/mol. The van der Waals surface area contributed by atoms with Crippen molar-refractivity contribution in [2.45, 2.75) is 32.7 Å². The third kappa shape index (κ3) is 5.65. The molecule has 1 aliphatic heterocycles. The molecule has 10 heteroatoms. The highest BCUT2D eigenvalue weighted by atomic mass is 32.1. The molecule has 4 rings (SSSR count). The summed E-state index contributed by atoms with van der Waals surface area (Å²) in [5.41, 5.74) is 1.45. The Morgan fingerprint density at radius 3 is 2.71 bits per heavy atom. The summed E-state index contributed by atoms with van der Waals surface area (Å²) >= 11 is 1.15. The van der Waals surface area contributed by atoms with Crippen LogP contribution in [0.4, 0.5) is 5.69 Å². The first-order valence-electron chi connectivity index (χ1n) is 12.1. The fourth-order valence-electron chi connectivity index (χ4n) is 4.07. The van der Waals surface area contributed by atoms with Crippen LogP contribution in [0.3, 0.4) is 0 Å². The normalized spacial score (nSPS) is 15.0. The number of hydrogen-bond acceptors (Lipinski definition) is 8. The highest BCUT2D eigenvalue weighted by Gasteiger charge is 2.33. The summed E-state index contributed by atoms with van der Waals surface area (Å²) in [6.07, 6.45) is 5.02. The van der Waals surface area contributed by atoms with Crippen LogP contribution in [0, 0.1) is 10.1 Å². The first-order valence-corrected chi connectivity index (χ1v) is 12.9. The molecule has 0 fully saturated rings. The van der Waals surface area contributed by atoms with Gasteiger partial charge in [0.05, 0.1) is 33.4 Å². The van der Waals surface area contributed by atoms with E-state index in [1.165, 1.54) is 22.8 Å². The van der Waals surface area contributed by atoms with E-state index in [1.807, 2.05) is 24.3 Å². The van der Waals surface area contributed by atoms with Gasteiger partial charge in [-0.1, -0.05) is 61.6 Å². The van der Waals surface area contributed by atoms with E-state index < -0.39 is 16.9 Å². The van der Waals surface area contributed by atoms with Gasteiger partial charge in [-0.15, -0.1) is 0 Å². The van der Waals surface area contributed by atoms with Gasteiger partial charge in [-0.25, -0.2) is 9.79 Å². The number of carbonyl (C=O) groups excluding carboxylic acids is 1. The Kier molecular flexibility index (Phi) is 8.32. The Balaban J connectivity index is 1.84. The number of nitro benzene ring substituents is 1. The van der Waals surface area contributed by atoms with Crippen LogP contribution in [-0.2, 0) is 9.53 Å². The summed E-state index contributed by atoms with van der Waals surface area (Å²) in [6, 6.07) is 12.5. The molecule has 1 aliphatic rings. The number of non-ortho nitro benzene ring substituents is 1. The van der Waals surface area contributed by atoms with E-state index in [-0.39, 0.29) is 23.4 Å². The fraction of sp³-hybridized carbons (Fsp3) is 0.250. The van der Waals surface area contributed by atoms with Crippen molar-refractivity contribution in [1.29, 1.82) is 0 Å². The van der Waals surface area contributed by atoms with E-state index in [0.29, 0.717) is 38.5 Å². The van der Waals surface area contributed by atoms with Gasteiger partial charge in [0.2, 0.25) is 0 Å². The molecule has 2 aromatic carbocycles. The van der Waals surface area contributed by atoms with Crippen molar-refractivity contribution in [3.8, 4) is 5.75 Å². The highest BCUT2D eigenvalue weighted by Crippen LogP contribution is 2.31. The second kappa shape index (κ2) is 11.8. The maximum atomic E-state index is 13.7. The molecule has 0 amide bonds. The van der Waals surface area contributed by atoms with Gasteiger partial charge in [-0.3, -0.25) is 19.5 Å². The van der Waals surface area contributed by atoms with Crippen molar-refractivity contribution in [3.05, 3.63) is 113 Å². The number of fused-ring (bicyclic) bond motifs is 1. The maximum absolute atomic E-state index is 13.7. The molecule has 2 heterocycles. The molecule has 196 valence electrons. The lowest BCUT2D eigenvalue weighted by molar-refractivity contribution is -0.384. The van der Waals surface area contributed by atoms with E-state index >= 15 is 0 Å². The highest BCUT2D eigenvalue weighted by molar-refractivity contribution is 7.07. The predicted molar refractivity (Wildman–Crippen MR) is 145 cm³/mol. The number of unbranched alkanes of at least 4 members (excludes halogenated alkanes) is 1. The number of hydrogen-bond donors (Lipinski definition) is 0. The maximum Gasteiger partial charge on any atom is 0.338 e. The van der Waals surface area contributed by atoms with E-state index in [4.69, 9.17) is 9.47 Å². The lowest BCUT2D eigenvalue weighted by Gasteiger charge is -2.24. The molecular weight excluding hydrogens is 506 g/mol. The molecule has 0 radical (unpaired) electrons. The van der Waals surface area contributed by atoms with Gasteiger partial charge < -0.3 is 9.47 Å². The van der Waals surface area contributed by atoms with Crippen molar-refractivity contribution < 1.29 is 19.2 Å². The first-order chi connectivity index (χ1) is 18.3. The number of ether oxygens (including phenoxy) is 2. The van der Waals surface area contributed by atoms with Crippen molar-refractivity contribution in [3.63, 3.8) is 0 Å². The van der Waals surface area contributed by atoms with Gasteiger partial charge in [-0.2, -0.15) is 0 Å².